The standard InChI is InChI=1S/C17H18BrFN6S/c1-2-25-15(13(18)9-21-25)10-20-17(26)22-16-7-8-24(23-16)11-12-5-3-4-6-14(12)19/h3-9H,2,10-11H2,1H3,(H2,20,22,23,26). The van der Waals surface area contributed by atoms with Crippen LogP contribution in [-0.2, 0) is 19.6 Å². The van der Waals surface area contributed by atoms with Crippen LogP contribution in [0.2, 0.25) is 0 Å². The normalized spacial score (nSPS) is 10.7. The molecule has 0 saturated carbocycles. The van der Waals surface area contributed by atoms with Gasteiger partial charge in [0.2, 0.25) is 0 Å². The lowest BCUT2D eigenvalue weighted by atomic mass is 10.2. The van der Waals surface area contributed by atoms with Crippen LogP contribution >= 0.6 is 28.1 Å². The second-order valence-electron chi connectivity index (χ2n) is 5.55. The van der Waals surface area contributed by atoms with Crippen molar-refractivity contribution in [2.75, 3.05) is 5.32 Å². The molecule has 2 N–H and O–H groups in total. The molecule has 26 heavy (non-hydrogen) atoms. The number of benzene rings is 1. The van der Waals surface area contributed by atoms with Crippen LogP contribution in [0.15, 0.2) is 47.2 Å². The lowest BCUT2D eigenvalue weighted by Gasteiger charge is -2.10. The predicted octanol–water partition coefficient (Wildman–Crippen LogP) is 3.54. The zero-order chi connectivity index (χ0) is 18.5. The number of nitrogens with zero attached hydrogens (tertiary/aromatic N) is 4. The summed E-state index contributed by atoms with van der Waals surface area (Å²) in [4.78, 5) is 0. The summed E-state index contributed by atoms with van der Waals surface area (Å²) in [6, 6.07) is 8.45. The number of aryl methyl sites for hydroxylation is 1. The van der Waals surface area contributed by atoms with E-state index in [9.17, 15) is 4.39 Å². The van der Waals surface area contributed by atoms with Crippen LogP contribution in [0.1, 0.15) is 18.2 Å². The van der Waals surface area contributed by atoms with Gasteiger partial charge in [-0.1, -0.05) is 18.2 Å². The fraction of sp³-hybridized carbons (Fsp3) is 0.235. The molecule has 3 aromatic rings. The molecule has 0 unspecified atom stereocenters. The van der Waals surface area contributed by atoms with Crippen LogP contribution in [0.25, 0.3) is 0 Å². The highest BCUT2D eigenvalue weighted by atomic mass is 79.9. The number of hydrogen-bond acceptors (Lipinski definition) is 3. The summed E-state index contributed by atoms with van der Waals surface area (Å²) in [5, 5.41) is 15.3. The van der Waals surface area contributed by atoms with Gasteiger partial charge in [-0.2, -0.15) is 10.2 Å². The van der Waals surface area contributed by atoms with Crippen LogP contribution in [0, 0.1) is 5.82 Å². The summed E-state index contributed by atoms with van der Waals surface area (Å²) in [7, 11) is 0. The Balaban J connectivity index is 1.56. The molecule has 0 atom stereocenters. The number of nitrogens with one attached hydrogen (secondary N) is 2. The molecule has 6 nitrogen and oxygen atoms in total. The fourth-order valence-electron chi connectivity index (χ4n) is 2.48. The van der Waals surface area contributed by atoms with Gasteiger partial charge < -0.3 is 10.6 Å². The molecule has 0 saturated heterocycles. The molecule has 9 heteroatoms. The van der Waals surface area contributed by atoms with Crippen molar-refractivity contribution in [3.05, 3.63) is 64.3 Å². The Morgan fingerprint density at radius 1 is 1.31 bits per heavy atom. The molecule has 0 aliphatic carbocycles. The van der Waals surface area contributed by atoms with E-state index in [2.05, 4.69) is 36.8 Å². The van der Waals surface area contributed by atoms with Crippen molar-refractivity contribution in [2.24, 2.45) is 0 Å². The van der Waals surface area contributed by atoms with E-state index in [4.69, 9.17) is 12.2 Å². The highest BCUT2D eigenvalue weighted by Crippen LogP contribution is 2.15. The number of hydrogen-bond donors (Lipinski definition) is 2. The Labute approximate surface area is 164 Å². The molecule has 2 aromatic heterocycles. The van der Waals surface area contributed by atoms with E-state index < -0.39 is 0 Å². The number of anilines is 1. The molecular formula is C17H18BrFN6S. The van der Waals surface area contributed by atoms with E-state index in [1.807, 2.05) is 11.6 Å². The zero-order valence-corrected chi connectivity index (χ0v) is 16.5. The minimum Gasteiger partial charge on any atom is -0.357 e. The summed E-state index contributed by atoms with van der Waals surface area (Å²) in [6.45, 7) is 3.71. The SMILES string of the molecule is CCn1ncc(Br)c1CNC(=S)Nc1ccn(Cc2ccccc2F)n1. The third-order valence-electron chi connectivity index (χ3n) is 3.79. The Morgan fingerprint density at radius 2 is 2.12 bits per heavy atom. The van der Waals surface area contributed by atoms with Crippen molar-refractivity contribution in [3.8, 4) is 0 Å². The lowest BCUT2D eigenvalue weighted by Crippen LogP contribution is -2.29. The molecule has 0 amide bonds. The first-order valence-corrected chi connectivity index (χ1v) is 9.29. The van der Waals surface area contributed by atoms with Gasteiger partial charge in [0.1, 0.15) is 5.82 Å². The summed E-state index contributed by atoms with van der Waals surface area (Å²) in [6.07, 6.45) is 3.54. The number of halogens is 2. The van der Waals surface area contributed by atoms with Gasteiger partial charge in [-0.3, -0.25) is 9.36 Å². The number of rotatable bonds is 6. The Kier molecular flexibility index (Phi) is 6.00. The molecule has 3 rings (SSSR count). The zero-order valence-electron chi connectivity index (χ0n) is 14.1. The summed E-state index contributed by atoms with van der Waals surface area (Å²) in [5.74, 6) is 0.356. The minimum atomic E-state index is -0.243. The minimum absolute atomic E-state index is 0.243. The van der Waals surface area contributed by atoms with Gasteiger partial charge in [-0.05, 0) is 41.1 Å². The van der Waals surface area contributed by atoms with Gasteiger partial charge in [-0.25, -0.2) is 4.39 Å². The maximum atomic E-state index is 13.7. The molecule has 0 aliphatic heterocycles. The Bertz CT molecular complexity index is 906. The Morgan fingerprint density at radius 3 is 2.88 bits per heavy atom. The van der Waals surface area contributed by atoms with E-state index in [0.29, 0.717) is 29.6 Å². The summed E-state index contributed by atoms with van der Waals surface area (Å²) >= 11 is 8.80. The fourth-order valence-corrected chi connectivity index (χ4v) is 3.09. The van der Waals surface area contributed by atoms with Crippen molar-refractivity contribution in [1.29, 1.82) is 0 Å². The van der Waals surface area contributed by atoms with Gasteiger partial charge in [0, 0.05) is 24.4 Å². The summed E-state index contributed by atoms with van der Waals surface area (Å²) in [5.41, 5.74) is 1.60. The predicted molar refractivity (Wildman–Crippen MR) is 106 cm³/mol. The van der Waals surface area contributed by atoms with Crippen LogP contribution < -0.4 is 10.6 Å². The average Bonchev–Trinajstić information content (AvgIpc) is 3.21. The average molecular weight is 437 g/mol. The lowest BCUT2D eigenvalue weighted by molar-refractivity contribution is 0.586. The third-order valence-corrected chi connectivity index (χ3v) is 4.69. The van der Waals surface area contributed by atoms with Crippen molar-refractivity contribution >= 4 is 39.1 Å². The van der Waals surface area contributed by atoms with Crippen LogP contribution in [0.5, 0.6) is 0 Å². The van der Waals surface area contributed by atoms with Crippen molar-refractivity contribution < 1.29 is 4.39 Å². The molecule has 0 aliphatic rings. The van der Waals surface area contributed by atoms with E-state index in [-0.39, 0.29) is 5.82 Å². The van der Waals surface area contributed by atoms with Gasteiger partial charge in [0.05, 0.1) is 29.5 Å². The van der Waals surface area contributed by atoms with Crippen LogP contribution in [0.4, 0.5) is 10.2 Å². The topological polar surface area (TPSA) is 59.7 Å². The second kappa shape index (κ2) is 8.41. The van der Waals surface area contributed by atoms with Crippen LogP contribution in [0.3, 0.4) is 0 Å². The smallest absolute Gasteiger partial charge is 0.172 e. The molecule has 136 valence electrons. The molecule has 1 aromatic carbocycles. The van der Waals surface area contributed by atoms with Gasteiger partial charge in [0.15, 0.2) is 10.9 Å². The molecule has 0 fully saturated rings. The largest absolute Gasteiger partial charge is 0.357 e. The van der Waals surface area contributed by atoms with E-state index in [0.717, 1.165) is 16.7 Å². The van der Waals surface area contributed by atoms with Crippen molar-refractivity contribution in [1.82, 2.24) is 24.9 Å². The molecule has 0 radical (unpaired) electrons. The summed E-state index contributed by atoms with van der Waals surface area (Å²) < 4.78 is 18.2. The van der Waals surface area contributed by atoms with E-state index >= 15 is 0 Å². The molecule has 0 bridgehead atoms. The molecular weight excluding hydrogens is 419 g/mol. The first-order valence-electron chi connectivity index (χ1n) is 8.08. The second-order valence-corrected chi connectivity index (χ2v) is 6.82. The molecule has 2 heterocycles. The molecule has 0 spiro atoms. The van der Waals surface area contributed by atoms with Crippen molar-refractivity contribution in [3.63, 3.8) is 0 Å². The first kappa shape index (κ1) is 18.5. The van der Waals surface area contributed by atoms with Gasteiger partial charge in [0.25, 0.3) is 0 Å². The van der Waals surface area contributed by atoms with Crippen LogP contribution in [-0.4, -0.2) is 24.7 Å². The maximum absolute atomic E-state index is 13.7. The van der Waals surface area contributed by atoms with Gasteiger partial charge in [-0.15, -0.1) is 0 Å². The third kappa shape index (κ3) is 4.47. The highest BCUT2D eigenvalue weighted by Gasteiger charge is 2.09. The van der Waals surface area contributed by atoms with E-state index in [1.165, 1.54) is 6.07 Å². The van der Waals surface area contributed by atoms with E-state index in [1.54, 1.807) is 41.3 Å². The van der Waals surface area contributed by atoms with Crippen molar-refractivity contribution in [2.45, 2.75) is 26.6 Å². The number of aromatic nitrogens is 4. The Hall–Kier alpha value is -2.26. The monoisotopic (exact) mass is 436 g/mol. The maximum Gasteiger partial charge on any atom is 0.172 e. The van der Waals surface area contributed by atoms with Gasteiger partial charge >= 0.3 is 0 Å². The number of thiocarbonyl (C=S) groups is 1. The highest BCUT2D eigenvalue weighted by molar-refractivity contribution is 9.10. The first-order chi connectivity index (χ1) is 12.6. The quantitative estimate of drug-likeness (QED) is 0.578.